The first-order chi connectivity index (χ1) is 8.33. The van der Waals surface area contributed by atoms with Crippen LogP contribution in [-0.4, -0.2) is 39.1 Å². The summed E-state index contributed by atoms with van der Waals surface area (Å²) in [6.45, 7) is 3.54. The number of pyridine rings is 1. The van der Waals surface area contributed by atoms with Crippen molar-refractivity contribution in [1.29, 1.82) is 0 Å². The lowest BCUT2D eigenvalue weighted by Gasteiger charge is -2.12. The van der Waals surface area contributed by atoms with Crippen LogP contribution in [0.15, 0.2) is 22.8 Å². The van der Waals surface area contributed by atoms with Gasteiger partial charge in [-0.1, -0.05) is 6.07 Å². The van der Waals surface area contributed by atoms with Gasteiger partial charge in [-0.05, 0) is 54.0 Å². The molecule has 0 atom stereocenters. The molecule has 0 aromatic carbocycles. The van der Waals surface area contributed by atoms with Crippen LogP contribution in [0.2, 0.25) is 0 Å². The maximum atomic E-state index is 4.53. The fraction of sp³-hybridized carbons (Fsp3) is 0.500. The number of hydrogen-bond acceptors (Lipinski definition) is 3. The van der Waals surface area contributed by atoms with Crippen molar-refractivity contribution in [2.75, 3.05) is 19.6 Å². The molecule has 90 valence electrons. The Kier molecular flexibility index (Phi) is 3.11. The largest absolute Gasteiger partial charge is 0.303 e. The van der Waals surface area contributed by atoms with E-state index < -0.39 is 0 Å². The van der Waals surface area contributed by atoms with E-state index >= 15 is 0 Å². The lowest BCUT2D eigenvalue weighted by Crippen LogP contribution is -2.22. The predicted octanol–water partition coefficient (Wildman–Crippen LogP) is 2.13. The van der Waals surface area contributed by atoms with Gasteiger partial charge in [0.25, 0.3) is 0 Å². The number of halogens is 1. The van der Waals surface area contributed by atoms with Gasteiger partial charge in [-0.25, -0.2) is 9.50 Å². The molecular formula is C12H15BrN4. The van der Waals surface area contributed by atoms with Crippen molar-refractivity contribution >= 4 is 21.6 Å². The van der Waals surface area contributed by atoms with Gasteiger partial charge in [0.2, 0.25) is 0 Å². The average Bonchev–Trinajstić information content (AvgIpc) is 2.95. The van der Waals surface area contributed by atoms with Gasteiger partial charge in [-0.15, -0.1) is 0 Å². The number of fused-ring (bicyclic) bond motifs is 1. The molecule has 0 radical (unpaired) electrons. The Bertz CT molecular complexity index is 516. The van der Waals surface area contributed by atoms with Gasteiger partial charge in [0.15, 0.2) is 11.5 Å². The van der Waals surface area contributed by atoms with E-state index in [1.807, 2.05) is 22.7 Å². The lowest BCUT2D eigenvalue weighted by atomic mass is 10.4. The highest BCUT2D eigenvalue weighted by molar-refractivity contribution is 9.10. The summed E-state index contributed by atoms with van der Waals surface area (Å²) in [7, 11) is 0. The smallest absolute Gasteiger partial charge is 0.156 e. The molecule has 0 bridgehead atoms. The third kappa shape index (κ3) is 2.35. The molecule has 1 aliphatic heterocycles. The summed E-state index contributed by atoms with van der Waals surface area (Å²) < 4.78 is 2.80. The summed E-state index contributed by atoms with van der Waals surface area (Å²) in [5.74, 6) is 0.934. The first-order valence-corrected chi connectivity index (χ1v) is 6.85. The highest BCUT2D eigenvalue weighted by Crippen LogP contribution is 2.13. The van der Waals surface area contributed by atoms with Crippen molar-refractivity contribution in [3.8, 4) is 0 Å². The second-order valence-electron chi connectivity index (χ2n) is 4.45. The van der Waals surface area contributed by atoms with Crippen molar-refractivity contribution < 1.29 is 0 Å². The van der Waals surface area contributed by atoms with E-state index in [-0.39, 0.29) is 0 Å². The fourth-order valence-corrected chi connectivity index (χ4v) is 2.70. The van der Waals surface area contributed by atoms with E-state index in [4.69, 9.17) is 0 Å². The minimum atomic E-state index is 0.913. The molecule has 4 nitrogen and oxygen atoms in total. The molecule has 0 spiro atoms. The van der Waals surface area contributed by atoms with Crippen LogP contribution in [0.25, 0.3) is 5.65 Å². The van der Waals surface area contributed by atoms with Gasteiger partial charge in [0, 0.05) is 13.0 Å². The average molecular weight is 295 g/mol. The van der Waals surface area contributed by atoms with Crippen LogP contribution in [0.5, 0.6) is 0 Å². The third-order valence-electron chi connectivity index (χ3n) is 3.21. The number of aromatic nitrogens is 3. The maximum absolute atomic E-state index is 4.53. The fourth-order valence-electron chi connectivity index (χ4n) is 2.29. The molecule has 3 rings (SSSR count). The molecule has 5 heteroatoms. The standard InChI is InChI=1S/C12H15BrN4/c13-10-4-3-5-12-14-11(15-17(10)12)6-9-16-7-1-2-8-16/h3-5H,1-2,6-9H2. The molecule has 1 aliphatic rings. The van der Waals surface area contributed by atoms with E-state index in [1.165, 1.54) is 25.9 Å². The molecule has 0 unspecified atom stereocenters. The summed E-state index contributed by atoms with van der Waals surface area (Å²) in [4.78, 5) is 7.02. The van der Waals surface area contributed by atoms with Crippen LogP contribution in [0.3, 0.4) is 0 Å². The second-order valence-corrected chi connectivity index (χ2v) is 5.26. The van der Waals surface area contributed by atoms with E-state index in [0.717, 1.165) is 29.0 Å². The molecule has 3 heterocycles. The summed E-state index contributed by atoms with van der Waals surface area (Å²) in [5.41, 5.74) is 0.913. The Labute approximate surface area is 109 Å². The molecule has 17 heavy (non-hydrogen) atoms. The zero-order valence-corrected chi connectivity index (χ0v) is 11.2. The van der Waals surface area contributed by atoms with Crippen LogP contribution < -0.4 is 0 Å². The molecule has 1 saturated heterocycles. The van der Waals surface area contributed by atoms with Crippen molar-refractivity contribution in [1.82, 2.24) is 19.5 Å². The first kappa shape index (κ1) is 11.2. The molecule has 0 amide bonds. The minimum absolute atomic E-state index is 0.913. The second kappa shape index (κ2) is 4.74. The van der Waals surface area contributed by atoms with E-state index in [1.54, 1.807) is 0 Å². The Morgan fingerprint density at radius 3 is 2.82 bits per heavy atom. The Balaban J connectivity index is 1.74. The van der Waals surface area contributed by atoms with Crippen LogP contribution in [0, 0.1) is 0 Å². The molecule has 2 aromatic heterocycles. The molecule has 1 fully saturated rings. The summed E-state index contributed by atoms with van der Waals surface area (Å²) in [6.07, 6.45) is 3.61. The van der Waals surface area contributed by atoms with Crippen LogP contribution in [0.1, 0.15) is 18.7 Å². The predicted molar refractivity (Wildman–Crippen MR) is 70.1 cm³/mol. The SMILES string of the molecule is Brc1cccc2nc(CCN3CCCC3)nn12. The normalized spacial score (nSPS) is 17.0. The highest BCUT2D eigenvalue weighted by Gasteiger charge is 2.12. The van der Waals surface area contributed by atoms with Gasteiger partial charge < -0.3 is 4.90 Å². The summed E-state index contributed by atoms with van der Waals surface area (Å²) >= 11 is 3.48. The van der Waals surface area contributed by atoms with Crippen molar-refractivity contribution in [3.63, 3.8) is 0 Å². The molecule has 0 saturated carbocycles. The monoisotopic (exact) mass is 294 g/mol. The number of likely N-dealkylation sites (tertiary alicyclic amines) is 1. The van der Waals surface area contributed by atoms with Crippen molar-refractivity contribution in [2.45, 2.75) is 19.3 Å². The number of nitrogens with zero attached hydrogens (tertiary/aromatic N) is 4. The van der Waals surface area contributed by atoms with Crippen LogP contribution in [0.4, 0.5) is 0 Å². The topological polar surface area (TPSA) is 33.4 Å². The molecule has 0 aliphatic carbocycles. The highest BCUT2D eigenvalue weighted by atomic mass is 79.9. The van der Waals surface area contributed by atoms with E-state index in [0.29, 0.717) is 0 Å². The number of hydrogen-bond donors (Lipinski definition) is 0. The maximum Gasteiger partial charge on any atom is 0.156 e. The zero-order valence-electron chi connectivity index (χ0n) is 9.64. The zero-order chi connectivity index (χ0) is 11.7. The van der Waals surface area contributed by atoms with Gasteiger partial charge in [-0.3, -0.25) is 0 Å². The Morgan fingerprint density at radius 1 is 1.24 bits per heavy atom. The van der Waals surface area contributed by atoms with E-state index in [2.05, 4.69) is 30.9 Å². The van der Waals surface area contributed by atoms with Crippen molar-refractivity contribution in [2.24, 2.45) is 0 Å². The van der Waals surface area contributed by atoms with Crippen LogP contribution >= 0.6 is 15.9 Å². The van der Waals surface area contributed by atoms with Crippen molar-refractivity contribution in [3.05, 3.63) is 28.6 Å². The quantitative estimate of drug-likeness (QED) is 0.813. The van der Waals surface area contributed by atoms with Gasteiger partial charge >= 0.3 is 0 Å². The van der Waals surface area contributed by atoms with Gasteiger partial charge in [0.1, 0.15) is 4.60 Å². The molecule has 0 N–H and O–H groups in total. The summed E-state index contributed by atoms with van der Waals surface area (Å²) in [5, 5.41) is 4.51. The van der Waals surface area contributed by atoms with E-state index in [9.17, 15) is 0 Å². The molecule has 2 aromatic rings. The van der Waals surface area contributed by atoms with Gasteiger partial charge in [-0.2, -0.15) is 5.10 Å². The minimum Gasteiger partial charge on any atom is -0.303 e. The number of rotatable bonds is 3. The first-order valence-electron chi connectivity index (χ1n) is 6.05. The molecular weight excluding hydrogens is 280 g/mol. The third-order valence-corrected chi connectivity index (χ3v) is 3.81. The summed E-state index contributed by atoms with van der Waals surface area (Å²) in [6, 6.07) is 5.95. The Morgan fingerprint density at radius 2 is 2.06 bits per heavy atom. The van der Waals surface area contributed by atoms with Gasteiger partial charge in [0.05, 0.1) is 0 Å². The van der Waals surface area contributed by atoms with Crippen LogP contribution in [-0.2, 0) is 6.42 Å². The Hall–Kier alpha value is -0.940. The lowest BCUT2D eigenvalue weighted by molar-refractivity contribution is 0.341.